The number of amides is 3. The summed E-state index contributed by atoms with van der Waals surface area (Å²) < 4.78 is 4.69. The Labute approximate surface area is 121 Å². The first-order chi connectivity index (χ1) is 10.2. The number of carbonyl (C=O) groups is 2. The largest absolute Gasteiger partial charge is 0.450 e. The molecule has 0 saturated heterocycles. The third kappa shape index (κ3) is 4.37. The van der Waals surface area contributed by atoms with E-state index in [0.717, 1.165) is 11.0 Å². The molecule has 0 atom stereocenters. The van der Waals surface area contributed by atoms with Crippen molar-refractivity contribution in [2.45, 2.75) is 6.92 Å². The number of fused-ring (bicyclic) bond motifs is 1. The molecule has 21 heavy (non-hydrogen) atoms. The zero-order valence-corrected chi connectivity index (χ0v) is 11.6. The van der Waals surface area contributed by atoms with E-state index in [0.29, 0.717) is 25.4 Å². The highest BCUT2D eigenvalue weighted by Gasteiger charge is 2.04. The van der Waals surface area contributed by atoms with Crippen LogP contribution in [0.25, 0.3) is 11.0 Å². The van der Waals surface area contributed by atoms with E-state index in [9.17, 15) is 9.59 Å². The number of hydrogen-bond acceptors (Lipinski definition) is 4. The van der Waals surface area contributed by atoms with Crippen LogP contribution in [0.4, 0.5) is 15.3 Å². The summed E-state index contributed by atoms with van der Waals surface area (Å²) in [5.74, 6) is 0. The summed E-state index contributed by atoms with van der Waals surface area (Å²) in [6.07, 6.45) is 1.10. The number of benzene rings is 1. The van der Waals surface area contributed by atoms with E-state index >= 15 is 0 Å². The number of anilines is 1. The Kier molecular flexibility index (Phi) is 4.97. The maximum Gasteiger partial charge on any atom is 0.407 e. The summed E-state index contributed by atoms with van der Waals surface area (Å²) in [6.45, 7) is 2.64. The van der Waals surface area contributed by atoms with Gasteiger partial charge in [-0.25, -0.2) is 14.6 Å². The fourth-order valence-corrected chi connectivity index (χ4v) is 1.71. The van der Waals surface area contributed by atoms with Gasteiger partial charge in [-0.15, -0.1) is 0 Å². The third-order valence-corrected chi connectivity index (χ3v) is 2.63. The minimum absolute atomic E-state index is 0.297. The number of imidazole rings is 1. The first kappa shape index (κ1) is 14.6. The maximum atomic E-state index is 11.7. The van der Waals surface area contributed by atoms with Gasteiger partial charge >= 0.3 is 12.1 Å². The van der Waals surface area contributed by atoms with Crippen LogP contribution in [0.1, 0.15) is 6.92 Å². The summed E-state index contributed by atoms with van der Waals surface area (Å²) in [5, 5.41) is 7.83. The number of alkyl carbamates (subject to hydrolysis) is 1. The molecule has 0 aliphatic carbocycles. The van der Waals surface area contributed by atoms with Gasteiger partial charge in [0.25, 0.3) is 0 Å². The molecule has 4 N–H and O–H groups in total. The maximum absolute atomic E-state index is 11.7. The van der Waals surface area contributed by atoms with Crippen molar-refractivity contribution in [2.24, 2.45) is 0 Å². The second-order valence-electron chi connectivity index (χ2n) is 4.16. The third-order valence-electron chi connectivity index (χ3n) is 2.63. The van der Waals surface area contributed by atoms with Gasteiger partial charge in [-0.1, -0.05) is 0 Å². The van der Waals surface area contributed by atoms with Gasteiger partial charge in [0.05, 0.1) is 24.0 Å². The Hall–Kier alpha value is -2.77. The molecule has 1 aromatic heterocycles. The average molecular weight is 291 g/mol. The van der Waals surface area contributed by atoms with E-state index in [4.69, 9.17) is 4.74 Å². The average Bonchev–Trinajstić information content (AvgIpc) is 2.91. The highest BCUT2D eigenvalue weighted by atomic mass is 16.5. The highest BCUT2D eigenvalue weighted by Crippen LogP contribution is 2.15. The molecule has 0 aliphatic heterocycles. The predicted molar refractivity (Wildman–Crippen MR) is 78.1 cm³/mol. The van der Waals surface area contributed by atoms with E-state index in [-0.39, 0.29) is 6.03 Å². The number of ether oxygens (including phenoxy) is 1. The number of nitrogens with one attached hydrogen (secondary N) is 4. The summed E-state index contributed by atoms with van der Waals surface area (Å²) in [6, 6.07) is 5.02. The molecule has 0 aliphatic rings. The smallest absolute Gasteiger partial charge is 0.407 e. The molecule has 1 aromatic carbocycles. The van der Waals surface area contributed by atoms with Crippen LogP contribution >= 0.6 is 0 Å². The topological polar surface area (TPSA) is 108 Å². The Balaban J connectivity index is 1.72. The van der Waals surface area contributed by atoms with Crippen LogP contribution in [0.15, 0.2) is 24.5 Å². The molecule has 0 saturated carbocycles. The first-order valence-electron chi connectivity index (χ1n) is 6.57. The summed E-state index contributed by atoms with van der Waals surface area (Å²) in [5.41, 5.74) is 2.33. The molecular weight excluding hydrogens is 274 g/mol. The van der Waals surface area contributed by atoms with Crippen LogP contribution in [0.2, 0.25) is 0 Å². The fraction of sp³-hybridized carbons (Fsp3) is 0.308. The Bertz CT molecular complexity index is 625. The molecule has 2 rings (SSSR count). The quantitative estimate of drug-likeness (QED) is 0.625. The number of H-pyrrole nitrogens is 1. The standard InChI is InChI=1S/C13H17N5O3/c1-2-21-13(20)15-6-5-14-12(19)18-9-3-4-10-11(7-9)17-8-16-10/h3-4,7-8H,2,5-6H2,1H3,(H,15,20)(H,16,17)(H2,14,18,19). The van der Waals surface area contributed by atoms with Crippen molar-refractivity contribution in [1.82, 2.24) is 20.6 Å². The molecule has 0 fully saturated rings. The molecule has 0 radical (unpaired) electrons. The normalized spacial score (nSPS) is 10.1. The van der Waals surface area contributed by atoms with Gasteiger partial charge in [-0.2, -0.15) is 0 Å². The Morgan fingerprint density at radius 1 is 1.29 bits per heavy atom. The molecule has 8 nitrogen and oxygen atoms in total. The minimum Gasteiger partial charge on any atom is -0.450 e. The van der Waals surface area contributed by atoms with Crippen LogP contribution in [0.5, 0.6) is 0 Å². The lowest BCUT2D eigenvalue weighted by molar-refractivity contribution is 0.152. The number of aromatic nitrogens is 2. The zero-order valence-electron chi connectivity index (χ0n) is 11.6. The molecule has 0 bridgehead atoms. The monoisotopic (exact) mass is 291 g/mol. The lowest BCUT2D eigenvalue weighted by Crippen LogP contribution is -2.37. The second kappa shape index (κ2) is 7.13. The van der Waals surface area contributed by atoms with Crippen LogP contribution in [0, 0.1) is 0 Å². The number of rotatable bonds is 5. The number of nitrogens with zero attached hydrogens (tertiary/aromatic N) is 1. The van der Waals surface area contributed by atoms with Crippen molar-refractivity contribution in [3.8, 4) is 0 Å². The van der Waals surface area contributed by atoms with Gasteiger partial charge in [0.15, 0.2) is 0 Å². The molecule has 1 heterocycles. The molecule has 0 spiro atoms. The molecule has 3 amide bonds. The van der Waals surface area contributed by atoms with Gasteiger partial charge in [0, 0.05) is 18.8 Å². The molecule has 2 aromatic rings. The van der Waals surface area contributed by atoms with Crippen LogP contribution < -0.4 is 16.0 Å². The van der Waals surface area contributed by atoms with E-state index in [1.54, 1.807) is 25.4 Å². The summed E-state index contributed by atoms with van der Waals surface area (Å²) in [4.78, 5) is 29.7. The molecule has 112 valence electrons. The molecular formula is C13H17N5O3. The first-order valence-corrected chi connectivity index (χ1v) is 6.57. The Morgan fingerprint density at radius 2 is 2.10 bits per heavy atom. The molecule has 0 unspecified atom stereocenters. The van der Waals surface area contributed by atoms with Crippen molar-refractivity contribution < 1.29 is 14.3 Å². The molecule has 8 heteroatoms. The second-order valence-corrected chi connectivity index (χ2v) is 4.16. The number of aromatic amines is 1. The number of carbonyl (C=O) groups excluding carboxylic acids is 2. The lowest BCUT2D eigenvalue weighted by Gasteiger charge is -2.08. The number of urea groups is 1. The number of hydrogen-bond donors (Lipinski definition) is 4. The lowest BCUT2D eigenvalue weighted by atomic mass is 10.3. The summed E-state index contributed by atoms with van der Waals surface area (Å²) >= 11 is 0. The van der Waals surface area contributed by atoms with Crippen molar-refractivity contribution >= 4 is 28.8 Å². The van der Waals surface area contributed by atoms with Crippen LogP contribution in [-0.4, -0.2) is 41.8 Å². The van der Waals surface area contributed by atoms with Gasteiger partial charge in [-0.05, 0) is 25.1 Å². The van der Waals surface area contributed by atoms with Crippen molar-refractivity contribution in [3.63, 3.8) is 0 Å². The van der Waals surface area contributed by atoms with Gasteiger partial charge in [0.1, 0.15) is 0 Å². The minimum atomic E-state index is -0.496. The SMILES string of the molecule is CCOC(=O)NCCNC(=O)Nc1ccc2nc[nH]c2c1. The van der Waals surface area contributed by atoms with Crippen molar-refractivity contribution in [2.75, 3.05) is 25.0 Å². The van der Waals surface area contributed by atoms with Gasteiger partial charge in [-0.3, -0.25) is 0 Å². The fourth-order valence-electron chi connectivity index (χ4n) is 1.71. The highest BCUT2D eigenvalue weighted by molar-refractivity contribution is 5.91. The van der Waals surface area contributed by atoms with E-state index in [1.165, 1.54) is 0 Å². The predicted octanol–water partition coefficient (Wildman–Crippen LogP) is 1.43. The van der Waals surface area contributed by atoms with Crippen LogP contribution in [-0.2, 0) is 4.74 Å². The Morgan fingerprint density at radius 3 is 2.90 bits per heavy atom. The zero-order chi connectivity index (χ0) is 15.1. The van der Waals surface area contributed by atoms with E-state index in [2.05, 4.69) is 25.9 Å². The van der Waals surface area contributed by atoms with Crippen molar-refractivity contribution in [1.29, 1.82) is 0 Å². The van der Waals surface area contributed by atoms with Gasteiger partial charge < -0.3 is 25.7 Å². The van der Waals surface area contributed by atoms with Gasteiger partial charge in [0.2, 0.25) is 0 Å². The van der Waals surface area contributed by atoms with Crippen LogP contribution in [0.3, 0.4) is 0 Å². The van der Waals surface area contributed by atoms with E-state index in [1.807, 2.05) is 6.07 Å². The summed E-state index contributed by atoms with van der Waals surface area (Å²) in [7, 11) is 0. The van der Waals surface area contributed by atoms with Crippen molar-refractivity contribution in [3.05, 3.63) is 24.5 Å². The van der Waals surface area contributed by atoms with E-state index < -0.39 is 6.09 Å².